The summed E-state index contributed by atoms with van der Waals surface area (Å²) in [4.78, 5) is 11.8. The van der Waals surface area contributed by atoms with Crippen LogP contribution in [0.25, 0.3) is 0 Å². The average molecular weight is 467 g/mol. The third-order valence-corrected chi connectivity index (χ3v) is 5.05. The first-order chi connectivity index (χ1) is 16.7. The number of ether oxygens (including phenoxy) is 2. The van der Waals surface area contributed by atoms with E-state index < -0.39 is 6.03 Å². The first-order valence-corrected chi connectivity index (χ1v) is 12.3. The van der Waals surface area contributed by atoms with E-state index in [2.05, 4.69) is 34.9 Å². The lowest BCUT2D eigenvalue weighted by molar-refractivity contribution is 0.242. The molecule has 0 aliphatic rings. The number of hydrogen-bond acceptors (Lipinski definition) is 5. The molecule has 184 valence electrons. The van der Waals surface area contributed by atoms with Gasteiger partial charge in [0.15, 0.2) is 0 Å². The van der Waals surface area contributed by atoms with Gasteiger partial charge >= 0.3 is 6.03 Å². The highest BCUT2D eigenvalue weighted by Crippen LogP contribution is 2.13. The van der Waals surface area contributed by atoms with Crippen molar-refractivity contribution in [2.24, 2.45) is 10.2 Å². The molecule has 7 nitrogen and oxygen atoms in total. The molecule has 0 aromatic heterocycles. The van der Waals surface area contributed by atoms with Gasteiger partial charge in [-0.05, 0) is 72.5 Å². The fourth-order valence-corrected chi connectivity index (χ4v) is 3.09. The molecule has 0 unspecified atom stereocenters. The molecule has 34 heavy (non-hydrogen) atoms. The number of amides is 2. The predicted molar refractivity (Wildman–Crippen MR) is 139 cm³/mol. The Morgan fingerprint density at radius 1 is 0.676 bits per heavy atom. The number of benzene rings is 2. The van der Waals surface area contributed by atoms with Crippen LogP contribution in [0.1, 0.15) is 76.3 Å². The highest BCUT2D eigenvalue weighted by Gasteiger charge is 1.98. The van der Waals surface area contributed by atoms with Crippen LogP contribution in [0, 0.1) is 0 Å². The molecule has 7 heteroatoms. The minimum atomic E-state index is -0.522. The smallest absolute Gasteiger partial charge is 0.355 e. The van der Waals surface area contributed by atoms with Crippen LogP contribution in [0.5, 0.6) is 11.5 Å². The summed E-state index contributed by atoms with van der Waals surface area (Å²) in [5.74, 6) is 1.67. The number of unbranched alkanes of at least 4 members (excludes halogenated alkanes) is 6. The van der Waals surface area contributed by atoms with Crippen LogP contribution in [0.15, 0.2) is 58.7 Å². The third-order valence-electron chi connectivity index (χ3n) is 5.05. The van der Waals surface area contributed by atoms with E-state index in [9.17, 15) is 4.79 Å². The number of hydrogen-bond donors (Lipinski definition) is 2. The minimum absolute atomic E-state index is 0.522. The van der Waals surface area contributed by atoms with E-state index in [0.717, 1.165) is 48.7 Å². The van der Waals surface area contributed by atoms with Crippen molar-refractivity contribution in [3.8, 4) is 11.5 Å². The lowest BCUT2D eigenvalue weighted by Crippen LogP contribution is -2.28. The van der Waals surface area contributed by atoms with Gasteiger partial charge in [-0.2, -0.15) is 10.2 Å². The molecule has 0 saturated heterocycles. The Kier molecular flexibility index (Phi) is 13.6. The third kappa shape index (κ3) is 12.0. The Morgan fingerprint density at radius 2 is 1.09 bits per heavy atom. The van der Waals surface area contributed by atoms with Gasteiger partial charge in [-0.3, -0.25) is 0 Å². The zero-order valence-electron chi connectivity index (χ0n) is 20.5. The van der Waals surface area contributed by atoms with Crippen LogP contribution in [-0.4, -0.2) is 31.7 Å². The van der Waals surface area contributed by atoms with Crippen molar-refractivity contribution in [3.63, 3.8) is 0 Å². The fraction of sp³-hybridized carbons (Fsp3) is 0.444. The molecular formula is C27H38N4O3. The number of nitrogens with one attached hydrogen (secondary N) is 2. The normalized spacial score (nSPS) is 11.1. The molecule has 0 bridgehead atoms. The van der Waals surface area contributed by atoms with E-state index in [1.807, 2.05) is 48.5 Å². The molecule has 2 amide bonds. The van der Waals surface area contributed by atoms with Gasteiger partial charge in [0.25, 0.3) is 0 Å². The maximum Gasteiger partial charge on any atom is 0.355 e. The Morgan fingerprint density at radius 3 is 1.47 bits per heavy atom. The minimum Gasteiger partial charge on any atom is -0.494 e. The largest absolute Gasteiger partial charge is 0.494 e. The number of carbonyl (C=O) groups is 1. The van der Waals surface area contributed by atoms with Gasteiger partial charge in [0.05, 0.1) is 25.6 Å². The Labute approximate surface area is 203 Å². The molecule has 0 saturated carbocycles. The van der Waals surface area contributed by atoms with Crippen LogP contribution in [0.3, 0.4) is 0 Å². The Hall–Kier alpha value is -3.35. The van der Waals surface area contributed by atoms with Crippen LogP contribution >= 0.6 is 0 Å². The first kappa shape index (κ1) is 26.9. The highest BCUT2D eigenvalue weighted by atomic mass is 16.5. The van der Waals surface area contributed by atoms with Crippen LogP contribution in [0.4, 0.5) is 4.79 Å². The molecule has 0 atom stereocenters. The quantitative estimate of drug-likeness (QED) is 0.174. The lowest BCUT2D eigenvalue weighted by Gasteiger charge is -2.06. The van der Waals surface area contributed by atoms with Gasteiger partial charge in [0.1, 0.15) is 11.5 Å². The summed E-state index contributed by atoms with van der Waals surface area (Å²) in [5, 5.41) is 7.87. The number of hydrazone groups is 2. The first-order valence-electron chi connectivity index (χ1n) is 12.3. The lowest BCUT2D eigenvalue weighted by atomic mass is 10.2. The van der Waals surface area contributed by atoms with E-state index in [-0.39, 0.29) is 0 Å². The van der Waals surface area contributed by atoms with Crippen LogP contribution < -0.4 is 20.3 Å². The maximum absolute atomic E-state index is 11.8. The molecule has 0 heterocycles. The van der Waals surface area contributed by atoms with Crippen molar-refractivity contribution in [3.05, 3.63) is 59.7 Å². The summed E-state index contributed by atoms with van der Waals surface area (Å²) in [5.41, 5.74) is 6.49. The zero-order chi connectivity index (χ0) is 24.3. The van der Waals surface area contributed by atoms with Crippen molar-refractivity contribution < 1.29 is 14.3 Å². The number of carbonyl (C=O) groups excluding carboxylic acids is 1. The van der Waals surface area contributed by atoms with Crippen LogP contribution in [0.2, 0.25) is 0 Å². The van der Waals surface area contributed by atoms with E-state index >= 15 is 0 Å². The summed E-state index contributed by atoms with van der Waals surface area (Å²) in [7, 11) is 0. The predicted octanol–water partition coefficient (Wildman–Crippen LogP) is 6.27. The zero-order valence-corrected chi connectivity index (χ0v) is 20.5. The van der Waals surface area contributed by atoms with Gasteiger partial charge in [0.2, 0.25) is 0 Å². The van der Waals surface area contributed by atoms with Gasteiger partial charge in [-0.1, -0.05) is 52.4 Å². The summed E-state index contributed by atoms with van der Waals surface area (Å²) >= 11 is 0. The van der Waals surface area contributed by atoms with Gasteiger partial charge in [-0.25, -0.2) is 15.6 Å². The fourth-order valence-electron chi connectivity index (χ4n) is 3.09. The molecule has 0 aliphatic heterocycles. The van der Waals surface area contributed by atoms with E-state index in [0.29, 0.717) is 0 Å². The average Bonchev–Trinajstić information content (AvgIpc) is 2.85. The molecule has 2 aromatic rings. The number of nitrogens with zero attached hydrogens (tertiary/aromatic N) is 2. The molecular weight excluding hydrogens is 428 g/mol. The molecule has 0 fully saturated rings. The van der Waals surface area contributed by atoms with Crippen molar-refractivity contribution in [1.82, 2.24) is 10.9 Å². The number of urea groups is 1. The maximum atomic E-state index is 11.8. The van der Waals surface area contributed by atoms with Gasteiger partial charge in [-0.15, -0.1) is 0 Å². The van der Waals surface area contributed by atoms with Crippen LogP contribution in [-0.2, 0) is 0 Å². The molecule has 0 spiro atoms. The van der Waals surface area contributed by atoms with E-state index in [1.165, 1.54) is 38.5 Å². The summed E-state index contributed by atoms with van der Waals surface area (Å²) < 4.78 is 11.4. The van der Waals surface area contributed by atoms with Crippen molar-refractivity contribution in [2.75, 3.05) is 13.2 Å². The summed E-state index contributed by atoms with van der Waals surface area (Å²) in [6.45, 7) is 5.85. The van der Waals surface area contributed by atoms with Gasteiger partial charge in [0, 0.05) is 0 Å². The summed E-state index contributed by atoms with van der Waals surface area (Å²) in [6.07, 6.45) is 12.6. The Bertz CT molecular complexity index is 793. The second-order valence-electron chi connectivity index (χ2n) is 8.03. The SMILES string of the molecule is CCCCCCOc1ccc(/C=N/NC(=O)N/N=C/c2ccc(OCCCCCC)cc2)cc1. The van der Waals surface area contributed by atoms with Gasteiger partial charge < -0.3 is 9.47 Å². The molecule has 2 N–H and O–H groups in total. The molecule has 0 aliphatic carbocycles. The second kappa shape index (κ2) is 17.2. The summed E-state index contributed by atoms with van der Waals surface area (Å²) in [6, 6.07) is 14.6. The van der Waals surface area contributed by atoms with E-state index in [4.69, 9.17) is 9.47 Å². The van der Waals surface area contributed by atoms with E-state index in [1.54, 1.807) is 12.4 Å². The Balaban J connectivity index is 1.64. The standard InChI is InChI=1S/C27H38N4O3/c1-3-5-7-9-19-33-25-15-11-23(12-16-25)21-28-30-27(32)31-29-22-24-13-17-26(18-14-24)34-20-10-8-6-4-2/h11-18,21-22H,3-10,19-20H2,1-2H3,(H2,30,31,32)/b28-21+,29-22+. The molecule has 0 radical (unpaired) electrons. The highest BCUT2D eigenvalue weighted by molar-refractivity contribution is 5.83. The van der Waals surface area contributed by atoms with Crippen molar-refractivity contribution in [1.29, 1.82) is 0 Å². The molecule has 2 aromatic carbocycles. The monoisotopic (exact) mass is 466 g/mol. The second-order valence-corrected chi connectivity index (χ2v) is 8.03. The molecule has 2 rings (SSSR count). The topological polar surface area (TPSA) is 84.3 Å². The van der Waals surface area contributed by atoms with Crippen molar-refractivity contribution >= 4 is 18.5 Å². The van der Waals surface area contributed by atoms with Crippen molar-refractivity contribution in [2.45, 2.75) is 65.2 Å². The number of rotatable bonds is 16.